The molecule has 0 bridgehead atoms. The molecule has 2 rings (SSSR count). The molecule has 0 aromatic heterocycles. The standard InChI is InChI=1S/C13H21F3N2O3/c14-13(15,16)12(20)4-7-18(8-5-12)11(19)17-6-3-10-2-1-9-21-10/h10,20H,1-9H2,(H,17,19). The van der Waals surface area contributed by atoms with Crippen LogP contribution in [0.2, 0.25) is 0 Å². The number of likely N-dealkylation sites (tertiary alicyclic amines) is 1. The van der Waals surface area contributed by atoms with E-state index >= 15 is 0 Å². The van der Waals surface area contributed by atoms with Crippen molar-refractivity contribution in [3.05, 3.63) is 0 Å². The van der Waals surface area contributed by atoms with Crippen molar-refractivity contribution in [3.63, 3.8) is 0 Å². The summed E-state index contributed by atoms with van der Waals surface area (Å²) in [6.07, 6.45) is -2.70. The Hall–Kier alpha value is -1.02. The molecule has 21 heavy (non-hydrogen) atoms. The minimum Gasteiger partial charge on any atom is -0.380 e. The SMILES string of the molecule is O=C(NCCC1CCCO1)N1CCC(O)(C(F)(F)F)CC1. The molecule has 8 heteroatoms. The molecule has 0 aliphatic carbocycles. The lowest BCUT2D eigenvalue weighted by molar-refractivity contribution is -0.271. The van der Waals surface area contributed by atoms with Gasteiger partial charge in [-0.25, -0.2) is 4.79 Å². The number of halogens is 3. The molecule has 1 unspecified atom stereocenters. The number of piperidine rings is 1. The highest BCUT2D eigenvalue weighted by Gasteiger charge is 2.54. The molecule has 2 amide bonds. The van der Waals surface area contributed by atoms with E-state index in [0.29, 0.717) is 13.0 Å². The number of ether oxygens (including phenoxy) is 1. The third-order valence-electron chi connectivity index (χ3n) is 4.17. The number of amides is 2. The van der Waals surface area contributed by atoms with Crippen molar-refractivity contribution in [1.82, 2.24) is 10.2 Å². The first-order valence-corrected chi connectivity index (χ1v) is 7.25. The van der Waals surface area contributed by atoms with Gasteiger partial charge in [0, 0.05) is 39.1 Å². The molecular formula is C13H21F3N2O3. The first-order valence-electron chi connectivity index (χ1n) is 7.25. The maximum Gasteiger partial charge on any atom is 0.417 e. The van der Waals surface area contributed by atoms with Crippen LogP contribution >= 0.6 is 0 Å². The van der Waals surface area contributed by atoms with Crippen molar-refractivity contribution in [2.45, 2.75) is 50.0 Å². The van der Waals surface area contributed by atoms with E-state index in [-0.39, 0.29) is 25.2 Å². The number of nitrogens with one attached hydrogen (secondary N) is 1. The van der Waals surface area contributed by atoms with E-state index in [1.54, 1.807) is 0 Å². The maximum atomic E-state index is 12.6. The lowest BCUT2D eigenvalue weighted by atomic mass is 9.91. The Morgan fingerprint density at radius 1 is 1.38 bits per heavy atom. The molecule has 0 saturated carbocycles. The van der Waals surface area contributed by atoms with Gasteiger partial charge in [-0.1, -0.05) is 0 Å². The first kappa shape index (κ1) is 16.4. The summed E-state index contributed by atoms with van der Waals surface area (Å²) in [7, 11) is 0. The van der Waals surface area contributed by atoms with Crippen LogP contribution in [0.25, 0.3) is 0 Å². The number of carbonyl (C=O) groups excluding carboxylic acids is 1. The number of carbonyl (C=O) groups is 1. The zero-order valence-electron chi connectivity index (χ0n) is 11.8. The quantitative estimate of drug-likeness (QED) is 0.833. The van der Waals surface area contributed by atoms with Crippen molar-refractivity contribution >= 4 is 6.03 Å². The maximum absolute atomic E-state index is 12.6. The fraction of sp³-hybridized carbons (Fsp3) is 0.923. The van der Waals surface area contributed by atoms with Gasteiger partial charge in [0.1, 0.15) is 0 Å². The van der Waals surface area contributed by atoms with Crippen LogP contribution in [0, 0.1) is 0 Å². The predicted molar refractivity (Wildman–Crippen MR) is 68.8 cm³/mol. The molecule has 2 fully saturated rings. The summed E-state index contributed by atoms with van der Waals surface area (Å²) in [4.78, 5) is 13.2. The summed E-state index contributed by atoms with van der Waals surface area (Å²) in [6.45, 7) is 1.01. The molecule has 2 saturated heterocycles. The molecule has 2 N–H and O–H groups in total. The minimum atomic E-state index is -4.64. The van der Waals surface area contributed by atoms with Crippen LogP contribution in [0.1, 0.15) is 32.1 Å². The Morgan fingerprint density at radius 3 is 2.57 bits per heavy atom. The van der Waals surface area contributed by atoms with Crippen molar-refractivity contribution < 1.29 is 27.8 Å². The average Bonchev–Trinajstić information content (AvgIpc) is 2.91. The molecule has 0 aromatic carbocycles. The van der Waals surface area contributed by atoms with E-state index in [4.69, 9.17) is 4.74 Å². The van der Waals surface area contributed by atoms with Crippen LogP contribution in [0.15, 0.2) is 0 Å². The van der Waals surface area contributed by atoms with Gasteiger partial charge >= 0.3 is 12.2 Å². The van der Waals surface area contributed by atoms with Crippen molar-refractivity contribution in [2.24, 2.45) is 0 Å². The van der Waals surface area contributed by atoms with Crippen LogP contribution in [0.5, 0.6) is 0 Å². The summed E-state index contributed by atoms with van der Waals surface area (Å²) >= 11 is 0. The molecule has 2 aliphatic rings. The average molecular weight is 310 g/mol. The van der Waals surface area contributed by atoms with E-state index in [0.717, 1.165) is 19.4 Å². The second-order valence-corrected chi connectivity index (χ2v) is 5.67. The van der Waals surface area contributed by atoms with Gasteiger partial charge in [-0.2, -0.15) is 13.2 Å². The number of hydrogen-bond donors (Lipinski definition) is 2. The molecule has 5 nitrogen and oxygen atoms in total. The summed E-state index contributed by atoms with van der Waals surface area (Å²) in [5, 5.41) is 12.2. The third-order valence-corrected chi connectivity index (χ3v) is 4.17. The Labute approximate surface area is 121 Å². The first-order chi connectivity index (χ1) is 9.82. The molecular weight excluding hydrogens is 289 g/mol. The second-order valence-electron chi connectivity index (χ2n) is 5.67. The zero-order valence-corrected chi connectivity index (χ0v) is 11.8. The van der Waals surface area contributed by atoms with Gasteiger partial charge in [0.25, 0.3) is 0 Å². The monoisotopic (exact) mass is 310 g/mol. The van der Waals surface area contributed by atoms with Gasteiger partial charge in [-0.05, 0) is 19.3 Å². The summed E-state index contributed by atoms with van der Waals surface area (Å²) in [6, 6.07) is -0.378. The number of aliphatic hydroxyl groups is 1. The summed E-state index contributed by atoms with van der Waals surface area (Å²) < 4.78 is 43.4. The van der Waals surface area contributed by atoms with Crippen molar-refractivity contribution in [2.75, 3.05) is 26.2 Å². The smallest absolute Gasteiger partial charge is 0.380 e. The van der Waals surface area contributed by atoms with Crippen molar-refractivity contribution in [3.8, 4) is 0 Å². The number of urea groups is 1. The number of nitrogens with zero attached hydrogens (tertiary/aromatic N) is 1. The van der Waals surface area contributed by atoms with Gasteiger partial charge < -0.3 is 20.1 Å². The van der Waals surface area contributed by atoms with Crippen LogP contribution < -0.4 is 5.32 Å². The summed E-state index contributed by atoms with van der Waals surface area (Å²) in [5.74, 6) is 0. The van der Waals surface area contributed by atoms with Gasteiger partial charge in [-0.15, -0.1) is 0 Å². The number of rotatable bonds is 3. The lowest BCUT2D eigenvalue weighted by Gasteiger charge is -2.39. The zero-order chi connectivity index (χ0) is 15.5. The molecule has 2 heterocycles. The van der Waals surface area contributed by atoms with Crippen LogP contribution in [0.4, 0.5) is 18.0 Å². The highest BCUT2D eigenvalue weighted by atomic mass is 19.4. The second kappa shape index (κ2) is 6.39. The number of hydrogen-bond acceptors (Lipinski definition) is 3. The van der Waals surface area contributed by atoms with E-state index in [9.17, 15) is 23.1 Å². The molecule has 122 valence electrons. The Bertz CT molecular complexity index is 362. The number of alkyl halides is 3. The fourth-order valence-corrected chi connectivity index (χ4v) is 2.69. The van der Waals surface area contributed by atoms with E-state index in [1.165, 1.54) is 4.90 Å². The van der Waals surface area contributed by atoms with Crippen LogP contribution in [-0.2, 0) is 4.74 Å². The highest BCUT2D eigenvalue weighted by molar-refractivity contribution is 5.74. The molecule has 0 radical (unpaired) electrons. The highest BCUT2D eigenvalue weighted by Crippen LogP contribution is 2.38. The Morgan fingerprint density at radius 2 is 2.05 bits per heavy atom. The summed E-state index contributed by atoms with van der Waals surface area (Å²) in [5.41, 5.74) is -2.67. The van der Waals surface area contributed by atoms with Gasteiger partial charge in [0.2, 0.25) is 0 Å². The fourth-order valence-electron chi connectivity index (χ4n) is 2.69. The third kappa shape index (κ3) is 4.00. The topological polar surface area (TPSA) is 61.8 Å². The minimum absolute atomic E-state index is 0.0955. The normalized spacial score (nSPS) is 25.9. The van der Waals surface area contributed by atoms with Crippen LogP contribution in [-0.4, -0.2) is 60.2 Å². The lowest BCUT2D eigenvalue weighted by Crippen LogP contribution is -2.55. The molecule has 0 spiro atoms. The Kier molecular flexibility index (Phi) is 4.98. The van der Waals surface area contributed by atoms with Crippen LogP contribution in [0.3, 0.4) is 0 Å². The molecule has 1 atom stereocenters. The largest absolute Gasteiger partial charge is 0.417 e. The van der Waals surface area contributed by atoms with Gasteiger partial charge in [0.05, 0.1) is 6.10 Å². The molecule has 0 aromatic rings. The van der Waals surface area contributed by atoms with Gasteiger partial charge in [0.15, 0.2) is 5.60 Å². The van der Waals surface area contributed by atoms with E-state index in [2.05, 4.69) is 5.32 Å². The molecule has 2 aliphatic heterocycles. The Balaban J connectivity index is 1.70. The van der Waals surface area contributed by atoms with Crippen molar-refractivity contribution in [1.29, 1.82) is 0 Å². The predicted octanol–water partition coefficient (Wildman–Crippen LogP) is 1.65. The van der Waals surface area contributed by atoms with E-state index in [1.807, 2.05) is 0 Å². The van der Waals surface area contributed by atoms with E-state index < -0.39 is 24.6 Å². The van der Waals surface area contributed by atoms with Gasteiger partial charge in [-0.3, -0.25) is 0 Å².